The van der Waals surface area contributed by atoms with Crippen molar-refractivity contribution < 1.29 is 4.79 Å². The van der Waals surface area contributed by atoms with Crippen LogP contribution in [0.5, 0.6) is 0 Å². The van der Waals surface area contributed by atoms with Crippen LogP contribution in [0.2, 0.25) is 10.0 Å². The summed E-state index contributed by atoms with van der Waals surface area (Å²) in [7, 11) is 0. The third-order valence-electron chi connectivity index (χ3n) is 3.30. The summed E-state index contributed by atoms with van der Waals surface area (Å²) in [5.41, 5.74) is 1.35. The normalized spacial score (nSPS) is 12.3. The van der Waals surface area contributed by atoms with Crippen molar-refractivity contribution in [3.63, 3.8) is 0 Å². The Hall–Kier alpha value is -2.28. The second-order valence-electron chi connectivity index (χ2n) is 4.91. The van der Waals surface area contributed by atoms with E-state index in [1.165, 1.54) is 6.08 Å². The second-order valence-corrected chi connectivity index (χ2v) is 5.73. The number of rotatable bonds is 4. The Bertz CT molecular complexity index is 759. The number of halogens is 2. The molecule has 0 saturated heterocycles. The van der Waals surface area contributed by atoms with Gasteiger partial charge in [0.05, 0.1) is 6.04 Å². The highest BCUT2D eigenvalue weighted by atomic mass is 35.5. The molecular formula is C18H14Cl2N2O. The van der Waals surface area contributed by atoms with Crippen LogP contribution in [0.25, 0.3) is 6.08 Å². The highest BCUT2D eigenvalue weighted by Crippen LogP contribution is 2.26. The molecule has 2 aromatic carbocycles. The van der Waals surface area contributed by atoms with Gasteiger partial charge >= 0.3 is 0 Å². The number of amides is 1. The number of hydrogen-bond donors (Lipinski definition) is 1. The fraction of sp³-hybridized carbons (Fsp3) is 0.111. The molecule has 5 heteroatoms. The van der Waals surface area contributed by atoms with Gasteiger partial charge in [0.1, 0.15) is 11.6 Å². The van der Waals surface area contributed by atoms with Crippen molar-refractivity contribution in [3.05, 3.63) is 75.3 Å². The molecule has 0 aliphatic carbocycles. The Morgan fingerprint density at radius 3 is 2.30 bits per heavy atom. The summed E-state index contributed by atoms with van der Waals surface area (Å²) < 4.78 is 0. The zero-order valence-corrected chi connectivity index (χ0v) is 13.9. The standard InChI is InChI=1S/C18H14Cl2N2O/c1-12(13-6-3-2-4-7-13)22-18(23)14(11-21)10-15-16(19)8-5-9-17(15)20/h2-10,12H,1H3,(H,22,23)/b14-10+/t12-/m0/s1. The highest BCUT2D eigenvalue weighted by Gasteiger charge is 2.15. The van der Waals surface area contributed by atoms with E-state index >= 15 is 0 Å². The first-order valence-electron chi connectivity index (χ1n) is 6.94. The van der Waals surface area contributed by atoms with Gasteiger partial charge in [-0.3, -0.25) is 4.79 Å². The van der Waals surface area contributed by atoms with Crippen molar-refractivity contribution in [1.82, 2.24) is 5.32 Å². The van der Waals surface area contributed by atoms with E-state index in [1.54, 1.807) is 18.2 Å². The Balaban J connectivity index is 2.23. The molecule has 1 amide bonds. The van der Waals surface area contributed by atoms with Gasteiger partial charge < -0.3 is 5.32 Å². The van der Waals surface area contributed by atoms with Crippen LogP contribution in [0.3, 0.4) is 0 Å². The molecule has 0 unspecified atom stereocenters. The molecule has 0 aliphatic heterocycles. The largest absolute Gasteiger partial charge is 0.345 e. The molecular weight excluding hydrogens is 331 g/mol. The van der Waals surface area contributed by atoms with Crippen LogP contribution in [0, 0.1) is 11.3 Å². The van der Waals surface area contributed by atoms with E-state index in [0.29, 0.717) is 15.6 Å². The Kier molecular flexibility index (Phi) is 5.81. The second kappa shape index (κ2) is 7.82. The van der Waals surface area contributed by atoms with E-state index in [-0.39, 0.29) is 11.6 Å². The Morgan fingerprint density at radius 1 is 1.13 bits per heavy atom. The minimum atomic E-state index is -0.472. The number of benzene rings is 2. The van der Waals surface area contributed by atoms with Crippen molar-refractivity contribution in [2.75, 3.05) is 0 Å². The molecule has 116 valence electrons. The minimum Gasteiger partial charge on any atom is -0.345 e. The number of nitrogens with one attached hydrogen (secondary N) is 1. The minimum absolute atomic E-state index is 0.0530. The molecule has 2 aromatic rings. The summed E-state index contributed by atoms with van der Waals surface area (Å²) >= 11 is 12.1. The van der Waals surface area contributed by atoms with Crippen LogP contribution in [0.1, 0.15) is 24.1 Å². The maximum Gasteiger partial charge on any atom is 0.262 e. The number of carbonyl (C=O) groups is 1. The Labute approximate surface area is 145 Å². The molecule has 1 atom stereocenters. The molecule has 2 rings (SSSR count). The van der Waals surface area contributed by atoms with E-state index in [2.05, 4.69) is 5.32 Å². The van der Waals surface area contributed by atoms with Crippen LogP contribution >= 0.6 is 23.2 Å². The van der Waals surface area contributed by atoms with Crippen molar-refractivity contribution in [3.8, 4) is 6.07 Å². The van der Waals surface area contributed by atoms with Gasteiger partial charge in [-0.15, -0.1) is 0 Å². The zero-order valence-electron chi connectivity index (χ0n) is 12.4. The molecule has 0 radical (unpaired) electrons. The molecule has 3 nitrogen and oxygen atoms in total. The average molecular weight is 345 g/mol. The maximum absolute atomic E-state index is 12.3. The molecule has 0 spiro atoms. The summed E-state index contributed by atoms with van der Waals surface area (Å²) in [5.74, 6) is -0.472. The van der Waals surface area contributed by atoms with Crippen molar-refractivity contribution >= 4 is 35.2 Å². The van der Waals surface area contributed by atoms with Gasteiger partial charge in [-0.05, 0) is 30.7 Å². The van der Waals surface area contributed by atoms with Gasteiger partial charge in [-0.1, -0.05) is 59.6 Å². The molecule has 0 aromatic heterocycles. The zero-order chi connectivity index (χ0) is 16.8. The number of carbonyl (C=O) groups excluding carboxylic acids is 1. The van der Waals surface area contributed by atoms with E-state index in [9.17, 15) is 10.1 Å². The first-order valence-corrected chi connectivity index (χ1v) is 7.70. The van der Waals surface area contributed by atoms with Gasteiger partial charge in [0, 0.05) is 15.6 Å². The van der Waals surface area contributed by atoms with Gasteiger partial charge in [-0.25, -0.2) is 0 Å². The SMILES string of the molecule is C[C@H](NC(=O)/C(C#N)=C/c1c(Cl)cccc1Cl)c1ccccc1. The smallest absolute Gasteiger partial charge is 0.262 e. The maximum atomic E-state index is 12.3. The van der Waals surface area contributed by atoms with Crippen LogP contribution in [0.4, 0.5) is 0 Å². The monoisotopic (exact) mass is 344 g/mol. The first-order chi connectivity index (χ1) is 11.0. The fourth-order valence-electron chi connectivity index (χ4n) is 2.04. The molecule has 0 heterocycles. The summed E-state index contributed by atoms with van der Waals surface area (Å²) in [6, 6.07) is 16.2. The van der Waals surface area contributed by atoms with Gasteiger partial charge in [0.25, 0.3) is 5.91 Å². The third-order valence-corrected chi connectivity index (χ3v) is 3.96. The molecule has 1 N–H and O–H groups in total. The lowest BCUT2D eigenvalue weighted by Crippen LogP contribution is -2.27. The first kappa shape index (κ1) is 17.1. The molecule has 0 bridgehead atoms. The summed E-state index contributed by atoms with van der Waals surface area (Å²) in [5, 5.41) is 12.8. The lowest BCUT2D eigenvalue weighted by Gasteiger charge is -2.14. The van der Waals surface area contributed by atoms with Crippen LogP contribution < -0.4 is 5.32 Å². The predicted molar refractivity (Wildman–Crippen MR) is 93.1 cm³/mol. The van der Waals surface area contributed by atoms with Crippen molar-refractivity contribution in [1.29, 1.82) is 5.26 Å². The molecule has 0 saturated carbocycles. The van der Waals surface area contributed by atoms with E-state index in [1.807, 2.05) is 43.3 Å². The van der Waals surface area contributed by atoms with Crippen LogP contribution in [-0.2, 0) is 4.79 Å². The topological polar surface area (TPSA) is 52.9 Å². The van der Waals surface area contributed by atoms with Crippen molar-refractivity contribution in [2.24, 2.45) is 0 Å². The third kappa shape index (κ3) is 4.35. The van der Waals surface area contributed by atoms with Crippen LogP contribution in [-0.4, -0.2) is 5.91 Å². The number of nitriles is 1. The van der Waals surface area contributed by atoms with E-state index in [4.69, 9.17) is 23.2 Å². The molecule has 23 heavy (non-hydrogen) atoms. The molecule has 0 fully saturated rings. The van der Waals surface area contributed by atoms with Crippen molar-refractivity contribution in [2.45, 2.75) is 13.0 Å². The summed E-state index contributed by atoms with van der Waals surface area (Å²) in [6.45, 7) is 1.85. The predicted octanol–water partition coefficient (Wildman–Crippen LogP) is 4.78. The van der Waals surface area contributed by atoms with E-state index in [0.717, 1.165) is 5.56 Å². The quantitative estimate of drug-likeness (QED) is 0.641. The lowest BCUT2D eigenvalue weighted by atomic mass is 10.1. The van der Waals surface area contributed by atoms with Gasteiger partial charge in [0.15, 0.2) is 0 Å². The summed E-state index contributed by atoms with van der Waals surface area (Å²) in [6.07, 6.45) is 1.40. The average Bonchev–Trinajstić information content (AvgIpc) is 2.55. The number of nitrogens with zero attached hydrogens (tertiary/aromatic N) is 1. The lowest BCUT2D eigenvalue weighted by molar-refractivity contribution is -0.117. The molecule has 0 aliphatic rings. The number of hydrogen-bond acceptors (Lipinski definition) is 2. The van der Waals surface area contributed by atoms with Crippen LogP contribution in [0.15, 0.2) is 54.1 Å². The van der Waals surface area contributed by atoms with Gasteiger partial charge in [-0.2, -0.15) is 5.26 Å². The fourth-order valence-corrected chi connectivity index (χ4v) is 2.55. The summed E-state index contributed by atoms with van der Waals surface area (Å²) in [4.78, 5) is 12.3. The van der Waals surface area contributed by atoms with Gasteiger partial charge in [0.2, 0.25) is 0 Å². The Morgan fingerprint density at radius 2 is 1.74 bits per heavy atom. The highest BCUT2D eigenvalue weighted by molar-refractivity contribution is 6.37. The van der Waals surface area contributed by atoms with E-state index < -0.39 is 5.91 Å².